The van der Waals surface area contributed by atoms with Gasteiger partial charge in [-0.1, -0.05) is 20.8 Å². The van der Waals surface area contributed by atoms with E-state index in [0.29, 0.717) is 6.42 Å². The summed E-state index contributed by atoms with van der Waals surface area (Å²) in [7, 11) is 0. The zero-order valence-corrected chi connectivity index (χ0v) is 8.91. The van der Waals surface area contributed by atoms with E-state index >= 15 is 0 Å². The van der Waals surface area contributed by atoms with E-state index in [2.05, 4.69) is 5.32 Å². The molecule has 2 unspecified atom stereocenters. The second-order valence-corrected chi connectivity index (χ2v) is 3.65. The van der Waals surface area contributed by atoms with E-state index in [9.17, 15) is 9.59 Å². The van der Waals surface area contributed by atoms with E-state index in [1.807, 2.05) is 13.8 Å². The minimum Gasteiger partial charge on any atom is -0.368 e. The van der Waals surface area contributed by atoms with Crippen LogP contribution in [0, 0.1) is 5.92 Å². The van der Waals surface area contributed by atoms with Crippen LogP contribution in [0.4, 0.5) is 0 Å². The van der Waals surface area contributed by atoms with E-state index in [-0.39, 0.29) is 11.8 Å². The number of carbonyl (C=O) groups excluding carboxylic acids is 2. The third-order valence-corrected chi connectivity index (χ3v) is 2.05. The highest BCUT2D eigenvalue weighted by atomic mass is 16.2. The molecule has 5 N–H and O–H groups in total. The van der Waals surface area contributed by atoms with Crippen LogP contribution in [0.2, 0.25) is 0 Å². The molecule has 2 atom stereocenters. The Balaban J connectivity index is 4.31. The Morgan fingerprint density at radius 3 is 2.14 bits per heavy atom. The molecule has 0 saturated carbocycles. The maximum absolute atomic E-state index is 11.3. The molecule has 0 aliphatic rings. The highest BCUT2D eigenvalue weighted by Crippen LogP contribution is 2.01. The number of rotatable bonds is 5. The highest BCUT2D eigenvalue weighted by Gasteiger charge is 2.23. The van der Waals surface area contributed by atoms with Gasteiger partial charge in [-0.3, -0.25) is 9.59 Å². The summed E-state index contributed by atoms with van der Waals surface area (Å²) in [5, 5.41) is 2.53. The lowest BCUT2D eigenvalue weighted by molar-refractivity contribution is -0.129. The molecule has 0 saturated heterocycles. The van der Waals surface area contributed by atoms with Crippen molar-refractivity contribution in [2.24, 2.45) is 17.4 Å². The molecule has 82 valence electrons. The fourth-order valence-electron chi connectivity index (χ4n) is 1.01. The summed E-state index contributed by atoms with van der Waals surface area (Å²) in [5.74, 6) is -0.887. The van der Waals surface area contributed by atoms with Gasteiger partial charge in [0.1, 0.15) is 6.04 Å². The van der Waals surface area contributed by atoms with E-state index in [0.717, 1.165) is 0 Å². The fraction of sp³-hybridized carbons (Fsp3) is 0.778. The number of hydrogen-bond donors (Lipinski definition) is 3. The van der Waals surface area contributed by atoms with Crippen LogP contribution in [0.5, 0.6) is 0 Å². The predicted octanol–water partition coefficient (Wildman–Crippen LogP) is -0.650. The summed E-state index contributed by atoms with van der Waals surface area (Å²) in [6.07, 6.45) is 0.537. The highest BCUT2D eigenvalue weighted by molar-refractivity contribution is 5.88. The second-order valence-electron chi connectivity index (χ2n) is 3.65. The minimum absolute atomic E-state index is 0.0273. The van der Waals surface area contributed by atoms with Gasteiger partial charge in [0.05, 0.1) is 6.04 Å². The number of nitrogens with two attached hydrogens (primary N) is 2. The monoisotopic (exact) mass is 201 g/mol. The second kappa shape index (κ2) is 5.59. The molecule has 5 heteroatoms. The molecular weight excluding hydrogens is 182 g/mol. The van der Waals surface area contributed by atoms with Crippen molar-refractivity contribution in [1.29, 1.82) is 0 Å². The number of nitrogens with one attached hydrogen (secondary N) is 1. The first-order valence-electron chi connectivity index (χ1n) is 4.75. The first-order chi connectivity index (χ1) is 6.40. The summed E-state index contributed by atoms with van der Waals surface area (Å²) in [4.78, 5) is 22.3. The van der Waals surface area contributed by atoms with Crippen LogP contribution >= 0.6 is 0 Å². The predicted molar refractivity (Wildman–Crippen MR) is 54.2 cm³/mol. The van der Waals surface area contributed by atoms with Gasteiger partial charge in [-0.2, -0.15) is 0 Å². The van der Waals surface area contributed by atoms with Crippen LogP contribution in [-0.4, -0.2) is 23.9 Å². The van der Waals surface area contributed by atoms with Gasteiger partial charge in [0, 0.05) is 0 Å². The summed E-state index contributed by atoms with van der Waals surface area (Å²) in [6.45, 7) is 5.43. The summed E-state index contributed by atoms with van der Waals surface area (Å²) >= 11 is 0. The zero-order chi connectivity index (χ0) is 11.3. The molecular formula is C9H19N3O2. The van der Waals surface area contributed by atoms with Crippen molar-refractivity contribution >= 4 is 11.8 Å². The molecule has 0 heterocycles. The van der Waals surface area contributed by atoms with Gasteiger partial charge in [-0.25, -0.2) is 0 Å². The summed E-state index contributed by atoms with van der Waals surface area (Å²) in [6, 6.07) is -1.21. The van der Waals surface area contributed by atoms with Crippen LogP contribution in [0.25, 0.3) is 0 Å². The maximum atomic E-state index is 11.3. The van der Waals surface area contributed by atoms with Crippen LogP contribution in [0.1, 0.15) is 27.2 Å². The molecule has 2 amide bonds. The van der Waals surface area contributed by atoms with Gasteiger partial charge in [-0.15, -0.1) is 0 Å². The third-order valence-electron chi connectivity index (χ3n) is 2.05. The third kappa shape index (κ3) is 3.74. The fourth-order valence-corrected chi connectivity index (χ4v) is 1.01. The maximum Gasteiger partial charge on any atom is 0.240 e. The van der Waals surface area contributed by atoms with Crippen molar-refractivity contribution in [3.05, 3.63) is 0 Å². The Hall–Kier alpha value is -1.10. The van der Waals surface area contributed by atoms with Crippen LogP contribution in [0.3, 0.4) is 0 Å². The number of amides is 2. The van der Waals surface area contributed by atoms with Gasteiger partial charge in [0.25, 0.3) is 0 Å². The molecule has 0 aliphatic heterocycles. The molecule has 0 fully saturated rings. The topological polar surface area (TPSA) is 98.2 Å². The van der Waals surface area contributed by atoms with E-state index < -0.39 is 18.0 Å². The molecule has 0 radical (unpaired) electrons. The molecule has 0 spiro atoms. The van der Waals surface area contributed by atoms with Crippen LogP contribution < -0.4 is 16.8 Å². The van der Waals surface area contributed by atoms with Crippen molar-refractivity contribution in [3.8, 4) is 0 Å². The van der Waals surface area contributed by atoms with Crippen LogP contribution in [0.15, 0.2) is 0 Å². The quantitative estimate of drug-likeness (QED) is 0.551. The summed E-state index contributed by atoms with van der Waals surface area (Å²) in [5.41, 5.74) is 10.6. The van der Waals surface area contributed by atoms with E-state index in [1.165, 1.54) is 0 Å². The zero-order valence-electron chi connectivity index (χ0n) is 8.91. The standard InChI is InChI=1S/C9H19N3O2/c1-4-6(10)9(14)12-7(5(2)3)8(11)13/h5-7H,4,10H2,1-3H3,(H2,11,13)(H,12,14). The minimum atomic E-state index is -0.639. The Morgan fingerprint density at radius 1 is 1.36 bits per heavy atom. The lowest BCUT2D eigenvalue weighted by Crippen LogP contribution is -2.52. The largest absolute Gasteiger partial charge is 0.368 e. The van der Waals surface area contributed by atoms with Crippen LogP contribution in [-0.2, 0) is 9.59 Å². The van der Waals surface area contributed by atoms with Crippen molar-refractivity contribution in [3.63, 3.8) is 0 Å². The molecule has 0 bridgehead atoms. The van der Waals surface area contributed by atoms with Gasteiger partial charge in [0.2, 0.25) is 11.8 Å². The summed E-state index contributed by atoms with van der Waals surface area (Å²) < 4.78 is 0. The number of carbonyl (C=O) groups is 2. The van der Waals surface area contributed by atoms with E-state index in [1.54, 1.807) is 6.92 Å². The first-order valence-corrected chi connectivity index (χ1v) is 4.75. The molecule has 0 aromatic carbocycles. The molecule has 0 aliphatic carbocycles. The van der Waals surface area contributed by atoms with Gasteiger partial charge < -0.3 is 16.8 Å². The van der Waals surface area contributed by atoms with Gasteiger partial charge >= 0.3 is 0 Å². The number of hydrogen-bond acceptors (Lipinski definition) is 3. The number of primary amides is 1. The normalized spacial score (nSPS) is 14.9. The van der Waals surface area contributed by atoms with Crippen molar-refractivity contribution < 1.29 is 9.59 Å². The Labute approximate surface area is 84.2 Å². The Morgan fingerprint density at radius 2 is 1.86 bits per heavy atom. The lowest BCUT2D eigenvalue weighted by Gasteiger charge is -2.20. The van der Waals surface area contributed by atoms with Gasteiger partial charge in [-0.05, 0) is 12.3 Å². The van der Waals surface area contributed by atoms with Crippen molar-refractivity contribution in [2.75, 3.05) is 0 Å². The molecule has 5 nitrogen and oxygen atoms in total. The lowest BCUT2D eigenvalue weighted by atomic mass is 10.0. The van der Waals surface area contributed by atoms with Gasteiger partial charge in [0.15, 0.2) is 0 Å². The van der Waals surface area contributed by atoms with Crippen molar-refractivity contribution in [1.82, 2.24) is 5.32 Å². The Bertz CT molecular complexity index is 216. The average Bonchev–Trinajstić information content (AvgIpc) is 2.11. The molecule has 14 heavy (non-hydrogen) atoms. The molecule has 0 aromatic heterocycles. The molecule has 0 rings (SSSR count). The Kier molecular flexibility index (Phi) is 5.15. The SMILES string of the molecule is CCC(N)C(=O)NC(C(N)=O)C(C)C. The smallest absolute Gasteiger partial charge is 0.240 e. The first kappa shape index (κ1) is 12.9. The molecule has 0 aromatic rings. The van der Waals surface area contributed by atoms with E-state index in [4.69, 9.17) is 11.5 Å². The van der Waals surface area contributed by atoms with Crippen molar-refractivity contribution in [2.45, 2.75) is 39.3 Å². The average molecular weight is 201 g/mol.